The van der Waals surface area contributed by atoms with E-state index >= 15 is 0 Å². The maximum atomic E-state index is 13.6. The van der Waals surface area contributed by atoms with Gasteiger partial charge in [0.25, 0.3) is 0 Å². The number of amides is 1. The summed E-state index contributed by atoms with van der Waals surface area (Å²) in [5, 5.41) is 0. The molecule has 37 heavy (non-hydrogen) atoms. The van der Waals surface area contributed by atoms with Gasteiger partial charge in [0.1, 0.15) is 17.3 Å². The van der Waals surface area contributed by atoms with Crippen molar-refractivity contribution >= 4 is 15.9 Å². The average Bonchev–Trinajstić information content (AvgIpc) is 3.31. The predicted molar refractivity (Wildman–Crippen MR) is 137 cm³/mol. The Hall–Kier alpha value is -3.05. The largest absolute Gasteiger partial charge is 0.464 e. The average molecular weight is 530 g/mol. The quantitative estimate of drug-likeness (QED) is 0.379. The molecule has 0 aliphatic carbocycles. The lowest BCUT2D eigenvalue weighted by Gasteiger charge is -2.31. The topological polar surface area (TPSA) is 83.3 Å². The monoisotopic (exact) mass is 529 g/mol. The first-order valence-corrected chi connectivity index (χ1v) is 13.7. The smallest absolute Gasteiger partial charge is 0.243 e. The summed E-state index contributed by atoms with van der Waals surface area (Å²) in [5.74, 6) is 0.458. The molecule has 1 amide bonds. The van der Waals surface area contributed by atoms with Gasteiger partial charge in [-0.2, -0.15) is 4.31 Å². The second kappa shape index (κ2) is 12.5. The van der Waals surface area contributed by atoms with Crippen molar-refractivity contribution in [1.82, 2.24) is 14.1 Å². The van der Waals surface area contributed by atoms with Gasteiger partial charge in [0, 0.05) is 32.7 Å². The Morgan fingerprint density at radius 3 is 2.32 bits per heavy atom. The standard InChI is InChI=1S/C27H32FN3O5S/c1-22-7-10-25(36-22)20-30(19-23-5-3-2-4-6-23)27(32)21-31(14-13-29-15-17-35-18-16-29)37(33,34)26-11-8-24(28)9-12-26/h2-12H,13-21H2,1H3. The minimum absolute atomic E-state index is 0.0556. The zero-order valence-corrected chi connectivity index (χ0v) is 21.7. The molecule has 1 aliphatic rings. The van der Waals surface area contributed by atoms with Gasteiger partial charge in [-0.25, -0.2) is 12.8 Å². The van der Waals surface area contributed by atoms with Gasteiger partial charge in [0.2, 0.25) is 15.9 Å². The van der Waals surface area contributed by atoms with Crippen molar-refractivity contribution < 1.29 is 26.8 Å². The van der Waals surface area contributed by atoms with Crippen molar-refractivity contribution in [3.63, 3.8) is 0 Å². The molecule has 4 rings (SSSR count). The van der Waals surface area contributed by atoms with E-state index in [0.29, 0.717) is 45.2 Å². The Balaban J connectivity index is 1.57. The minimum atomic E-state index is -4.05. The highest BCUT2D eigenvalue weighted by atomic mass is 32.2. The molecule has 0 radical (unpaired) electrons. The van der Waals surface area contributed by atoms with Crippen molar-refractivity contribution in [2.24, 2.45) is 0 Å². The summed E-state index contributed by atoms with van der Waals surface area (Å²) in [6, 6.07) is 17.8. The number of sulfonamides is 1. The van der Waals surface area contributed by atoms with Crippen LogP contribution < -0.4 is 0 Å². The van der Waals surface area contributed by atoms with E-state index < -0.39 is 15.8 Å². The molecule has 0 atom stereocenters. The SMILES string of the molecule is Cc1ccc(CN(Cc2ccccc2)C(=O)CN(CCN2CCOCC2)S(=O)(=O)c2ccc(F)cc2)o1. The Bertz CT molecular complexity index is 1260. The van der Waals surface area contributed by atoms with E-state index in [0.717, 1.165) is 23.5 Å². The van der Waals surface area contributed by atoms with Crippen LogP contribution >= 0.6 is 0 Å². The zero-order chi connectivity index (χ0) is 26.3. The first kappa shape index (κ1) is 27.0. The number of hydrogen-bond acceptors (Lipinski definition) is 6. The van der Waals surface area contributed by atoms with Crippen molar-refractivity contribution in [3.8, 4) is 0 Å². The molecule has 198 valence electrons. The van der Waals surface area contributed by atoms with Crippen LogP contribution in [0.1, 0.15) is 17.1 Å². The van der Waals surface area contributed by atoms with Crippen molar-refractivity contribution in [2.75, 3.05) is 45.9 Å². The minimum Gasteiger partial charge on any atom is -0.464 e. The van der Waals surface area contributed by atoms with Crippen LogP contribution in [0.5, 0.6) is 0 Å². The van der Waals surface area contributed by atoms with Crippen LogP contribution in [-0.2, 0) is 32.6 Å². The molecule has 2 heterocycles. The number of nitrogens with zero attached hydrogens (tertiary/aromatic N) is 3. The van der Waals surface area contributed by atoms with E-state index in [1.165, 1.54) is 16.4 Å². The highest BCUT2D eigenvalue weighted by Gasteiger charge is 2.29. The molecule has 1 saturated heterocycles. The van der Waals surface area contributed by atoms with Crippen LogP contribution in [0.2, 0.25) is 0 Å². The third-order valence-corrected chi connectivity index (χ3v) is 8.10. The molecule has 0 spiro atoms. The number of aryl methyl sites for hydroxylation is 1. The molecule has 2 aromatic carbocycles. The number of halogens is 1. The number of carbonyl (C=O) groups excluding carboxylic acids is 1. The van der Waals surface area contributed by atoms with Gasteiger partial charge in [0.05, 0.1) is 31.2 Å². The highest BCUT2D eigenvalue weighted by Crippen LogP contribution is 2.19. The summed E-state index contributed by atoms with van der Waals surface area (Å²) in [5.41, 5.74) is 0.917. The van der Waals surface area contributed by atoms with E-state index in [2.05, 4.69) is 4.90 Å². The van der Waals surface area contributed by atoms with Crippen LogP contribution in [0.3, 0.4) is 0 Å². The Morgan fingerprint density at radius 1 is 0.973 bits per heavy atom. The Labute approximate surface area is 217 Å². The van der Waals surface area contributed by atoms with Gasteiger partial charge in [0.15, 0.2) is 0 Å². The second-order valence-electron chi connectivity index (χ2n) is 8.99. The maximum absolute atomic E-state index is 13.6. The third kappa shape index (κ3) is 7.48. The fourth-order valence-corrected chi connectivity index (χ4v) is 5.54. The summed E-state index contributed by atoms with van der Waals surface area (Å²) < 4.78 is 52.9. The van der Waals surface area contributed by atoms with E-state index in [9.17, 15) is 17.6 Å². The molecule has 1 aromatic heterocycles. The lowest BCUT2D eigenvalue weighted by atomic mass is 10.2. The fourth-order valence-electron chi connectivity index (χ4n) is 4.16. The number of hydrogen-bond donors (Lipinski definition) is 0. The number of morpholine rings is 1. The lowest BCUT2D eigenvalue weighted by Crippen LogP contribution is -2.47. The molecule has 0 N–H and O–H groups in total. The summed E-state index contributed by atoms with van der Waals surface area (Å²) in [4.78, 5) is 17.3. The molecule has 8 nitrogen and oxygen atoms in total. The second-order valence-corrected chi connectivity index (χ2v) is 10.9. The number of carbonyl (C=O) groups is 1. The lowest BCUT2D eigenvalue weighted by molar-refractivity contribution is -0.133. The number of rotatable bonds is 11. The normalized spacial score (nSPS) is 14.7. The van der Waals surface area contributed by atoms with Gasteiger partial charge in [-0.3, -0.25) is 9.69 Å². The van der Waals surface area contributed by atoms with E-state index in [4.69, 9.17) is 9.15 Å². The van der Waals surface area contributed by atoms with Crippen LogP contribution in [0.15, 0.2) is 76.0 Å². The van der Waals surface area contributed by atoms with Gasteiger partial charge in [-0.1, -0.05) is 30.3 Å². The molecule has 0 unspecified atom stereocenters. The molecule has 0 saturated carbocycles. The van der Waals surface area contributed by atoms with Crippen LogP contribution in [0.4, 0.5) is 4.39 Å². The molecule has 10 heteroatoms. The molecule has 0 bridgehead atoms. The van der Waals surface area contributed by atoms with Crippen molar-refractivity contribution in [1.29, 1.82) is 0 Å². The van der Waals surface area contributed by atoms with Crippen molar-refractivity contribution in [3.05, 3.63) is 89.6 Å². The van der Waals surface area contributed by atoms with Gasteiger partial charge >= 0.3 is 0 Å². The molecule has 1 fully saturated rings. The molecule has 3 aromatic rings. The van der Waals surface area contributed by atoms with E-state index in [1.807, 2.05) is 49.4 Å². The first-order valence-electron chi connectivity index (χ1n) is 12.2. The highest BCUT2D eigenvalue weighted by molar-refractivity contribution is 7.89. The number of benzene rings is 2. The van der Waals surface area contributed by atoms with Gasteiger partial charge in [-0.05, 0) is 48.9 Å². The van der Waals surface area contributed by atoms with Crippen molar-refractivity contribution in [2.45, 2.75) is 24.9 Å². The Kier molecular flexibility index (Phi) is 9.09. The van der Waals surface area contributed by atoms with Crippen LogP contribution in [0.25, 0.3) is 0 Å². The van der Waals surface area contributed by atoms with E-state index in [-0.39, 0.29) is 30.4 Å². The summed E-state index contributed by atoms with van der Waals surface area (Å²) >= 11 is 0. The molecular formula is C27H32FN3O5S. The van der Waals surface area contributed by atoms with Crippen LogP contribution in [0, 0.1) is 12.7 Å². The fraction of sp³-hybridized carbons (Fsp3) is 0.370. The van der Waals surface area contributed by atoms with Gasteiger partial charge < -0.3 is 14.1 Å². The van der Waals surface area contributed by atoms with E-state index in [1.54, 1.807) is 4.90 Å². The third-order valence-electron chi connectivity index (χ3n) is 6.24. The zero-order valence-electron chi connectivity index (χ0n) is 20.9. The summed E-state index contributed by atoms with van der Waals surface area (Å²) in [6.45, 7) is 5.09. The van der Waals surface area contributed by atoms with Gasteiger partial charge in [-0.15, -0.1) is 0 Å². The number of furan rings is 1. The number of ether oxygens (including phenoxy) is 1. The predicted octanol–water partition coefficient (Wildman–Crippen LogP) is 3.28. The maximum Gasteiger partial charge on any atom is 0.243 e. The molecule has 1 aliphatic heterocycles. The summed E-state index contributed by atoms with van der Waals surface area (Å²) in [6.07, 6.45) is 0. The van der Waals surface area contributed by atoms with Crippen LogP contribution in [-0.4, -0.2) is 74.4 Å². The Morgan fingerprint density at radius 2 is 1.68 bits per heavy atom. The molecular weight excluding hydrogens is 497 g/mol. The summed E-state index contributed by atoms with van der Waals surface area (Å²) in [7, 11) is -4.05. The first-order chi connectivity index (χ1) is 17.8.